The zero-order valence-corrected chi connectivity index (χ0v) is 11.5. The van der Waals surface area contributed by atoms with Crippen LogP contribution < -0.4 is 5.73 Å². The van der Waals surface area contributed by atoms with E-state index in [1.54, 1.807) is 0 Å². The van der Waals surface area contributed by atoms with Gasteiger partial charge in [0.1, 0.15) is 4.60 Å². The van der Waals surface area contributed by atoms with Crippen LogP contribution >= 0.6 is 27.5 Å². The standard InChI is InChI=1S/C11H10BrClN4/c1-16-9(5-14)10(12)17-8-4-6(13)2-3-7(8)15-11(16)17/h2-4H,5,14H2,1H3. The third-order valence-electron chi connectivity index (χ3n) is 2.93. The van der Waals surface area contributed by atoms with Gasteiger partial charge in [-0.3, -0.25) is 4.40 Å². The fourth-order valence-electron chi connectivity index (χ4n) is 2.06. The quantitative estimate of drug-likeness (QED) is 0.751. The first-order valence-electron chi connectivity index (χ1n) is 5.14. The van der Waals surface area contributed by atoms with E-state index in [0.717, 1.165) is 27.1 Å². The molecule has 3 aromatic rings. The molecule has 0 radical (unpaired) electrons. The van der Waals surface area contributed by atoms with E-state index in [4.69, 9.17) is 17.3 Å². The van der Waals surface area contributed by atoms with Gasteiger partial charge < -0.3 is 10.3 Å². The average molecular weight is 314 g/mol. The minimum absolute atomic E-state index is 0.461. The molecule has 0 spiro atoms. The zero-order valence-electron chi connectivity index (χ0n) is 9.11. The van der Waals surface area contributed by atoms with Crippen LogP contribution in [0.5, 0.6) is 0 Å². The first kappa shape index (κ1) is 11.1. The van der Waals surface area contributed by atoms with Crippen molar-refractivity contribution in [3.05, 3.63) is 33.5 Å². The summed E-state index contributed by atoms with van der Waals surface area (Å²) in [5, 5.41) is 0.698. The van der Waals surface area contributed by atoms with E-state index < -0.39 is 0 Å². The molecule has 1 aromatic carbocycles. The van der Waals surface area contributed by atoms with Gasteiger partial charge in [0.2, 0.25) is 5.78 Å². The number of hydrogen-bond donors (Lipinski definition) is 1. The molecule has 3 rings (SSSR count). The summed E-state index contributed by atoms with van der Waals surface area (Å²) in [5.74, 6) is 0.856. The Morgan fingerprint density at radius 3 is 2.94 bits per heavy atom. The lowest BCUT2D eigenvalue weighted by Crippen LogP contribution is -2.03. The number of aromatic nitrogens is 3. The zero-order chi connectivity index (χ0) is 12.2. The van der Waals surface area contributed by atoms with Gasteiger partial charge in [0.15, 0.2) is 0 Å². The third kappa shape index (κ3) is 1.43. The number of nitrogens with two attached hydrogens (primary N) is 1. The monoisotopic (exact) mass is 312 g/mol. The molecule has 0 aliphatic carbocycles. The Balaban J connectivity index is 2.54. The predicted octanol–water partition coefficient (Wildman–Crippen LogP) is 2.70. The van der Waals surface area contributed by atoms with Gasteiger partial charge in [0, 0.05) is 18.6 Å². The van der Waals surface area contributed by atoms with E-state index in [1.165, 1.54) is 0 Å². The van der Waals surface area contributed by atoms with Crippen LogP contribution in [0.1, 0.15) is 5.69 Å². The summed E-state index contributed by atoms with van der Waals surface area (Å²) in [7, 11) is 1.95. The van der Waals surface area contributed by atoms with Crippen molar-refractivity contribution in [1.29, 1.82) is 0 Å². The molecule has 0 aliphatic heterocycles. The first-order chi connectivity index (χ1) is 8.13. The Hall–Kier alpha value is -1.04. The summed E-state index contributed by atoms with van der Waals surface area (Å²) in [6.45, 7) is 0.461. The van der Waals surface area contributed by atoms with Crippen LogP contribution in [0.15, 0.2) is 22.8 Å². The first-order valence-corrected chi connectivity index (χ1v) is 6.31. The van der Waals surface area contributed by atoms with Gasteiger partial charge in [-0.2, -0.15) is 0 Å². The molecule has 6 heteroatoms. The molecule has 0 saturated carbocycles. The second-order valence-electron chi connectivity index (χ2n) is 3.88. The molecule has 4 nitrogen and oxygen atoms in total. The van der Waals surface area contributed by atoms with Crippen LogP contribution in [0, 0.1) is 0 Å². The molecular formula is C11H10BrClN4. The summed E-state index contributed by atoms with van der Waals surface area (Å²) in [4.78, 5) is 4.57. The summed E-state index contributed by atoms with van der Waals surface area (Å²) in [6.07, 6.45) is 0. The van der Waals surface area contributed by atoms with Crippen molar-refractivity contribution in [2.75, 3.05) is 0 Å². The van der Waals surface area contributed by atoms with Crippen molar-refractivity contribution in [2.45, 2.75) is 6.54 Å². The van der Waals surface area contributed by atoms with Gasteiger partial charge in [0.25, 0.3) is 0 Å². The molecule has 2 heterocycles. The van der Waals surface area contributed by atoms with Crippen molar-refractivity contribution in [1.82, 2.24) is 14.0 Å². The summed E-state index contributed by atoms with van der Waals surface area (Å²) in [6, 6.07) is 5.66. The highest BCUT2D eigenvalue weighted by Gasteiger charge is 2.16. The minimum Gasteiger partial charge on any atom is -0.325 e. The van der Waals surface area contributed by atoms with Crippen LogP contribution in [-0.4, -0.2) is 14.0 Å². The minimum atomic E-state index is 0.461. The van der Waals surface area contributed by atoms with Gasteiger partial charge in [0.05, 0.1) is 16.7 Å². The molecule has 17 heavy (non-hydrogen) atoms. The third-order valence-corrected chi connectivity index (χ3v) is 3.98. The SMILES string of the molecule is Cn1c(CN)c(Br)n2c3cc(Cl)ccc3nc12. The van der Waals surface area contributed by atoms with Crippen LogP contribution in [0.3, 0.4) is 0 Å². The molecule has 0 aliphatic rings. The van der Waals surface area contributed by atoms with Gasteiger partial charge in [-0.05, 0) is 34.1 Å². The number of fused-ring (bicyclic) bond motifs is 3. The maximum absolute atomic E-state index is 6.02. The lowest BCUT2D eigenvalue weighted by atomic mass is 10.3. The van der Waals surface area contributed by atoms with E-state index >= 15 is 0 Å². The average Bonchev–Trinajstić information content (AvgIpc) is 2.77. The van der Waals surface area contributed by atoms with Crippen molar-refractivity contribution < 1.29 is 0 Å². The maximum atomic E-state index is 6.02. The van der Waals surface area contributed by atoms with Crippen molar-refractivity contribution in [3.8, 4) is 0 Å². The van der Waals surface area contributed by atoms with Gasteiger partial charge in [-0.25, -0.2) is 4.98 Å². The Labute approximate surface area is 111 Å². The number of imidazole rings is 2. The van der Waals surface area contributed by atoms with E-state index in [-0.39, 0.29) is 0 Å². The van der Waals surface area contributed by atoms with E-state index in [2.05, 4.69) is 20.9 Å². The van der Waals surface area contributed by atoms with Crippen molar-refractivity contribution in [3.63, 3.8) is 0 Å². The van der Waals surface area contributed by atoms with E-state index in [9.17, 15) is 0 Å². The molecule has 0 atom stereocenters. The van der Waals surface area contributed by atoms with Crippen LogP contribution in [0.4, 0.5) is 0 Å². The smallest absolute Gasteiger partial charge is 0.215 e. The number of halogens is 2. The summed E-state index contributed by atoms with van der Waals surface area (Å²) in [5.41, 5.74) is 8.64. The second kappa shape index (κ2) is 3.73. The van der Waals surface area contributed by atoms with Crippen LogP contribution in [-0.2, 0) is 13.6 Å². The molecule has 2 N–H and O–H groups in total. The highest BCUT2D eigenvalue weighted by atomic mass is 79.9. The number of aryl methyl sites for hydroxylation is 1. The highest BCUT2D eigenvalue weighted by Crippen LogP contribution is 2.28. The number of rotatable bonds is 1. The van der Waals surface area contributed by atoms with E-state index in [1.807, 2.05) is 34.2 Å². The highest BCUT2D eigenvalue weighted by molar-refractivity contribution is 9.10. The number of nitrogens with zero attached hydrogens (tertiary/aromatic N) is 3. The summed E-state index contributed by atoms with van der Waals surface area (Å²) >= 11 is 9.59. The normalized spacial score (nSPS) is 11.8. The van der Waals surface area contributed by atoms with E-state index in [0.29, 0.717) is 11.6 Å². The number of benzene rings is 1. The molecular weight excluding hydrogens is 304 g/mol. The fourth-order valence-corrected chi connectivity index (χ4v) is 3.01. The topological polar surface area (TPSA) is 48.2 Å². The lowest BCUT2D eigenvalue weighted by Gasteiger charge is -1.98. The number of hydrogen-bond acceptors (Lipinski definition) is 2. The largest absolute Gasteiger partial charge is 0.325 e. The van der Waals surface area contributed by atoms with Crippen LogP contribution in [0.2, 0.25) is 5.02 Å². The molecule has 0 bridgehead atoms. The summed E-state index contributed by atoms with van der Waals surface area (Å²) < 4.78 is 4.93. The van der Waals surface area contributed by atoms with Crippen molar-refractivity contribution in [2.24, 2.45) is 12.8 Å². The molecule has 88 valence electrons. The fraction of sp³-hybridized carbons (Fsp3) is 0.182. The maximum Gasteiger partial charge on any atom is 0.215 e. The molecule has 0 amide bonds. The second-order valence-corrected chi connectivity index (χ2v) is 5.07. The predicted molar refractivity (Wildman–Crippen MR) is 72.3 cm³/mol. The lowest BCUT2D eigenvalue weighted by molar-refractivity contribution is 0.836. The van der Waals surface area contributed by atoms with Gasteiger partial charge >= 0.3 is 0 Å². The Bertz CT molecular complexity index is 728. The Morgan fingerprint density at radius 2 is 2.24 bits per heavy atom. The molecule has 0 fully saturated rings. The Morgan fingerprint density at radius 1 is 1.47 bits per heavy atom. The molecule has 2 aromatic heterocycles. The van der Waals surface area contributed by atoms with Gasteiger partial charge in [-0.1, -0.05) is 11.6 Å². The molecule has 0 saturated heterocycles. The Kier molecular flexibility index (Phi) is 2.43. The van der Waals surface area contributed by atoms with Crippen LogP contribution in [0.25, 0.3) is 16.8 Å². The molecule has 0 unspecified atom stereocenters. The van der Waals surface area contributed by atoms with Gasteiger partial charge in [-0.15, -0.1) is 0 Å². The van der Waals surface area contributed by atoms with Crippen molar-refractivity contribution >= 4 is 44.3 Å².